The molecule has 0 aliphatic carbocycles. The first-order valence-electron chi connectivity index (χ1n) is 11.5. The molecule has 0 saturated heterocycles. The van der Waals surface area contributed by atoms with Gasteiger partial charge in [0.1, 0.15) is 5.60 Å². The van der Waals surface area contributed by atoms with Crippen molar-refractivity contribution in [1.29, 1.82) is 0 Å². The zero-order valence-electron chi connectivity index (χ0n) is 20.6. The third-order valence-electron chi connectivity index (χ3n) is 5.25. The molecule has 3 aromatic rings. The van der Waals surface area contributed by atoms with Crippen molar-refractivity contribution in [1.82, 2.24) is 10.6 Å². The van der Waals surface area contributed by atoms with Crippen LogP contribution in [0.2, 0.25) is 0 Å². The number of amides is 2. The smallest absolute Gasteiger partial charge is 0.407 e. The van der Waals surface area contributed by atoms with Crippen LogP contribution in [-0.2, 0) is 27.7 Å². The standard InChI is InChI=1S/C27H31N3O5S/c1-27(2,3)35-26(32)30-18-20-8-4-5-9-22(20)23-10-6-7-11-24(23)25(31)29-17-16-19-12-14-21(15-13-19)36(28,33)34/h4-15H,16-18H2,1-3H3,(H,29,31)(H,30,32)(H2,28,33,34). The predicted molar refractivity (Wildman–Crippen MR) is 139 cm³/mol. The summed E-state index contributed by atoms with van der Waals surface area (Å²) in [5.74, 6) is -0.235. The third kappa shape index (κ3) is 7.66. The van der Waals surface area contributed by atoms with Crippen LogP contribution < -0.4 is 15.8 Å². The molecule has 0 aliphatic heterocycles. The highest BCUT2D eigenvalue weighted by molar-refractivity contribution is 7.89. The molecule has 3 rings (SSSR count). The number of rotatable bonds is 8. The van der Waals surface area contributed by atoms with Gasteiger partial charge in [-0.3, -0.25) is 4.79 Å². The summed E-state index contributed by atoms with van der Waals surface area (Å²) >= 11 is 0. The molecule has 190 valence electrons. The van der Waals surface area contributed by atoms with Crippen molar-refractivity contribution in [3.05, 3.63) is 89.5 Å². The molecule has 0 atom stereocenters. The number of nitrogens with two attached hydrogens (primary N) is 1. The monoisotopic (exact) mass is 509 g/mol. The molecule has 0 unspecified atom stereocenters. The van der Waals surface area contributed by atoms with Gasteiger partial charge < -0.3 is 15.4 Å². The van der Waals surface area contributed by atoms with Gasteiger partial charge in [0.25, 0.3) is 5.91 Å². The van der Waals surface area contributed by atoms with Crippen LogP contribution in [-0.4, -0.2) is 32.6 Å². The van der Waals surface area contributed by atoms with Crippen molar-refractivity contribution in [3.63, 3.8) is 0 Å². The van der Waals surface area contributed by atoms with E-state index in [1.165, 1.54) is 12.1 Å². The SMILES string of the molecule is CC(C)(C)OC(=O)NCc1ccccc1-c1ccccc1C(=O)NCCc1ccc(S(N)(=O)=O)cc1. The summed E-state index contributed by atoms with van der Waals surface area (Å²) in [5.41, 5.74) is 3.20. The van der Waals surface area contributed by atoms with E-state index in [9.17, 15) is 18.0 Å². The fourth-order valence-corrected chi connectivity index (χ4v) is 4.11. The Hall–Kier alpha value is -3.69. The van der Waals surface area contributed by atoms with E-state index in [1.54, 1.807) is 45.0 Å². The summed E-state index contributed by atoms with van der Waals surface area (Å²) in [6, 6.07) is 21.1. The first-order chi connectivity index (χ1) is 16.9. The van der Waals surface area contributed by atoms with Gasteiger partial charge in [0.2, 0.25) is 10.0 Å². The van der Waals surface area contributed by atoms with Crippen molar-refractivity contribution in [3.8, 4) is 11.1 Å². The van der Waals surface area contributed by atoms with E-state index in [4.69, 9.17) is 9.88 Å². The van der Waals surface area contributed by atoms with Gasteiger partial charge in [0, 0.05) is 18.7 Å². The van der Waals surface area contributed by atoms with Crippen LogP contribution in [0.1, 0.15) is 42.3 Å². The van der Waals surface area contributed by atoms with Gasteiger partial charge in [0.15, 0.2) is 0 Å². The summed E-state index contributed by atoms with van der Waals surface area (Å²) in [7, 11) is -3.74. The number of nitrogens with one attached hydrogen (secondary N) is 2. The zero-order chi connectivity index (χ0) is 26.3. The number of carbonyl (C=O) groups excluding carboxylic acids is 2. The second kappa shape index (κ2) is 11.4. The molecule has 0 aliphatic rings. The number of hydrogen-bond acceptors (Lipinski definition) is 5. The van der Waals surface area contributed by atoms with Gasteiger partial charge in [-0.1, -0.05) is 54.6 Å². The van der Waals surface area contributed by atoms with E-state index in [-0.39, 0.29) is 17.3 Å². The number of carbonyl (C=O) groups is 2. The minimum atomic E-state index is -3.74. The molecular formula is C27H31N3O5S. The number of benzene rings is 3. The first-order valence-corrected chi connectivity index (χ1v) is 13.0. The number of hydrogen-bond donors (Lipinski definition) is 3. The molecule has 0 saturated carbocycles. The highest BCUT2D eigenvalue weighted by atomic mass is 32.2. The molecule has 4 N–H and O–H groups in total. The highest BCUT2D eigenvalue weighted by Gasteiger charge is 2.18. The number of alkyl carbamates (subject to hydrolysis) is 1. The molecule has 9 heteroatoms. The Morgan fingerprint density at radius 2 is 1.47 bits per heavy atom. The van der Waals surface area contributed by atoms with Crippen molar-refractivity contribution in [2.24, 2.45) is 5.14 Å². The highest BCUT2D eigenvalue weighted by Crippen LogP contribution is 2.27. The average Bonchev–Trinajstić information content (AvgIpc) is 2.81. The molecule has 0 aromatic heterocycles. The lowest BCUT2D eigenvalue weighted by atomic mass is 9.95. The quantitative estimate of drug-likeness (QED) is 0.423. The van der Waals surface area contributed by atoms with Crippen molar-refractivity contribution in [2.45, 2.75) is 44.2 Å². The van der Waals surface area contributed by atoms with E-state index in [0.717, 1.165) is 22.3 Å². The van der Waals surface area contributed by atoms with Crippen molar-refractivity contribution in [2.75, 3.05) is 6.54 Å². The van der Waals surface area contributed by atoms with Gasteiger partial charge in [-0.15, -0.1) is 0 Å². The molecule has 0 fully saturated rings. The van der Waals surface area contributed by atoms with E-state index in [1.807, 2.05) is 36.4 Å². The molecular weight excluding hydrogens is 478 g/mol. The lowest BCUT2D eigenvalue weighted by Gasteiger charge is -2.20. The van der Waals surface area contributed by atoms with Crippen LogP contribution >= 0.6 is 0 Å². The lowest BCUT2D eigenvalue weighted by Crippen LogP contribution is -2.32. The molecule has 3 aromatic carbocycles. The van der Waals surface area contributed by atoms with E-state index in [0.29, 0.717) is 18.5 Å². The Balaban J connectivity index is 1.70. The van der Waals surface area contributed by atoms with Crippen LogP contribution in [0.5, 0.6) is 0 Å². The minimum absolute atomic E-state index is 0.0454. The van der Waals surface area contributed by atoms with Crippen molar-refractivity contribution < 1.29 is 22.7 Å². The normalized spacial score (nSPS) is 11.6. The molecule has 0 spiro atoms. The predicted octanol–water partition coefficient (Wildman–Crippen LogP) is 4.00. The number of ether oxygens (including phenoxy) is 1. The molecule has 2 amide bonds. The third-order valence-corrected chi connectivity index (χ3v) is 6.18. The average molecular weight is 510 g/mol. The summed E-state index contributed by atoms with van der Waals surface area (Å²) in [6.07, 6.45) is 0.00952. The minimum Gasteiger partial charge on any atom is -0.444 e. The molecule has 36 heavy (non-hydrogen) atoms. The summed E-state index contributed by atoms with van der Waals surface area (Å²) < 4.78 is 28.1. The maximum absolute atomic E-state index is 13.1. The van der Waals surface area contributed by atoms with Crippen LogP contribution in [0.3, 0.4) is 0 Å². The summed E-state index contributed by atoms with van der Waals surface area (Å²) in [4.78, 5) is 25.2. The van der Waals surface area contributed by atoms with Crippen LogP contribution in [0.4, 0.5) is 4.79 Å². The second-order valence-corrected chi connectivity index (χ2v) is 10.8. The Kier molecular flexibility index (Phi) is 8.49. The van der Waals surface area contributed by atoms with E-state index < -0.39 is 21.7 Å². The van der Waals surface area contributed by atoms with Crippen molar-refractivity contribution >= 4 is 22.0 Å². The molecule has 8 nitrogen and oxygen atoms in total. The lowest BCUT2D eigenvalue weighted by molar-refractivity contribution is 0.0523. The Bertz CT molecular complexity index is 1330. The maximum Gasteiger partial charge on any atom is 0.407 e. The Morgan fingerprint density at radius 3 is 2.11 bits per heavy atom. The summed E-state index contributed by atoms with van der Waals surface area (Å²) in [6.45, 7) is 6.01. The first kappa shape index (κ1) is 26.9. The van der Waals surface area contributed by atoms with Crippen LogP contribution in [0.25, 0.3) is 11.1 Å². The topological polar surface area (TPSA) is 128 Å². The Labute approximate surface area is 211 Å². The van der Waals surface area contributed by atoms with Crippen LogP contribution in [0.15, 0.2) is 77.7 Å². The fourth-order valence-electron chi connectivity index (χ4n) is 3.60. The van der Waals surface area contributed by atoms with Gasteiger partial charge in [-0.25, -0.2) is 18.4 Å². The van der Waals surface area contributed by atoms with Gasteiger partial charge >= 0.3 is 6.09 Å². The van der Waals surface area contributed by atoms with Gasteiger partial charge in [-0.2, -0.15) is 0 Å². The van der Waals surface area contributed by atoms with E-state index in [2.05, 4.69) is 10.6 Å². The second-order valence-electron chi connectivity index (χ2n) is 9.25. The maximum atomic E-state index is 13.1. The zero-order valence-corrected chi connectivity index (χ0v) is 21.4. The molecule has 0 heterocycles. The fraction of sp³-hybridized carbons (Fsp3) is 0.259. The number of sulfonamides is 1. The van der Waals surface area contributed by atoms with Gasteiger partial charge in [-0.05, 0) is 67.6 Å². The van der Waals surface area contributed by atoms with E-state index >= 15 is 0 Å². The molecule has 0 radical (unpaired) electrons. The summed E-state index contributed by atoms with van der Waals surface area (Å²) in [5, 5.41) is 10.8. The molecule has 0 bridgehead atoms. The number of primary sulfonamides is 1. The van der Waals surface area contributed by atoms with Crippen LogP contribution in [0, 0.1) is 0 Å². The van der Waals surface area contributed by atoms with Gasteiger partial charge in [0.05, 0.1) is 4.90 Å². The largest absolute Gasteiger partial charge is 0.444 e. The Morgan fingerprint density at radius 1 is 0.861 bits per heavy atom.